The van der Waals surface area contributed by atoms with Crippen molar-refractivity contribution in [1.29, 1.82) is 0 Å². The number of rotatable bonds is 16. The summed E-state index contributed by atoms with van der Waals surface area (Å²) >= 11 is 0. The first-order chi connectivity index (χ1) is 19.1. The fraction of sp³-hybridized carbons (Fsp3) is 0.419. The first-order valence-electron chi connectivity index (χ1n) is 13.2. The molecule has 0 aromatic heterocycles. The van der Waals surface area contributed by atoms with E-state index in [1.165, 1.54) is 13.8 Å². The Labute approximate surface area is 241 Å². The summed E-state index contributed by atoms with van der Waals surface area (Å²) in [5.74, 6) is -6.39. The van der Waals surface area contributed by atoms with Gasteiger partial charge in [0.2, 0.25) is 0 Å². The van der Waals surface area contributed by atoms with Crippen molar-refractivity contribution in [3.63, 3.8) is 0 Å². The second kappa shape index (κ2) is 14.0. The Morgan fingerprint density at radius 1 is 0.659 bits per heavy atom. The third-order valence-corrected chi connectivity index (χ3v) is 5.92. The van der Waals surface area contributed by atoms with Gasteiger partial charge in [0.1, 0.15) is 11.5 Å². The van der Waals surface area contributed by atoms with Gasteiger partial charge in [-0.3, -0.25) is 0 Å². The lowest BCUT2D eigenvalue weighted by Crippen LogP contribution is -2.41. The zero-order chi connectivity index (χ0) is 30.8. The molecule has 10 nitrogen and oxygen atoms in total. The number of benzene rings is 2. The molecule has 0 saturated heterocycles. The zero-order valence-corrected chi connectivity index (χ0v) is 24.5. The maximum Gasteiger partial charge on any atom is 0.377 e. The predicted octanol–water partition coefficient (Wildman–Crippen LogP) is 6.20. The summed E-state index contributed by atoms with van der Waals surface area (Å²) in [6.45, 7) is 17.6. The molecular weight excluding hydrogens is 532 g/mol. The maximum atomic E-state index is 11.9. The maximum absolute atomic E-state index is 11.9. The van der Waals surface area contributed by atoms with E-state index in [2.05, 4.69) is 13.2 Å². The molecule has 0 saturated carbocycles. The molecule has 0 bridgehead atoms. The lowest BCUT2D eigenvalue weighted by atomic mass is 9.78. The number of carbonyl (C=O) groups excluding carboxylic acids is 2. The van der Waals surface area contributed by atoms with Crippen LogP contribution in [0.4, 0.5) is 0 Å². The largest absolute Gasteiger partial charge is 0.502 e. The van der Waals surface area contributed by atoms with E-state index in [-0.39, 0.29) is 13.2 Å². The highest BCUT2D eigenvalue weighted by Crippen LogP contribution is 2.35. The van der Waals surface area contributed by atoms with Crippen LogP contribution in [0, 0.1) is 0 Å². The Kier molecular flexibility index (Phi) is 11.4. The molecule has 2 aromatic carbocycles. The lowest BCUT2D eigenvalue weighted by Gasteiger charge is -2.31. The van der Waals surface area contributed by atoms with E-state index < -0.39 is 40.8 Å². The first-order valence-corrected chi connectivity index (χ1v) is 13.2. The van der Waals surface area contributed by atoms with Crippen LogP contribution in [-0.4, -0.2) is 47.3 Å². The Morgan fingerprint density at radius 3 is 1.24 bits per heavy atom. The van der Waals surface area contributed by atoms with Crippen LogP contribution < -0.4 is 9.47 Å². The van der Waals surface area contributed by atoms with E-state index in [1.807, 2.05) is 52.0 Å². The van der Waals surface area contributed by atoms with E-state index in [1.54, 1.807) is 24.3 Å². The number of hydrogen-bond donors (Lipinski definition) is 2. The fourth-order valence-electron chi connectivity index (χ4n) is 3.66. The van der Waals surface area contributed by atoms with Crippen LogP contribution in [0.15, 0.2) is 73.2 Å². The molecule has 41 heavy (non-hydrogen) atoms. The minimum absolute atomic E-state index is 0.259. The molecule has 224 valence electrons. The smallest absolute Gasteiger partial charge is 0.377 e. The minimum atomic E-state index is -1.76. The van der Waals surface area contributed by atoms with Crippen LogP contribution >= 0.6 is 0 Å². The van der Waals surface area contributed by atoms with Crippen molar-refractivity contribution in [2.75, 3.05) is 13.2 Å². The van der Waals surface area contributed by atoms with Crippen molar-refractivity contribution >= 4 is 11.9 Å². The summed E-state index contributed by atoms with van der Waals surface area (Å²) in [7, 11) is 0. The molecule has 0 radical (unpaired) electrons. The van der Waals surface area contributed by atoms with Gasteiger partial charge in [0.25, 0.3) is 0 Å². The average molecular weight is 573 g/mol. The molecule has 2 rings (SSSR count). The van der Waals surface area contributed by atoms with Gasteiger partial charge >= 0.3 is 23.9 Å². The zero-order valence-electron chi connectivity index (χ0n) is 24.5. The van der Waals surface area contributed by atoms with Crippen molar-refractivity contribution in [2.24, 2.45) is 0 Å². The molecule has 0 amide bonds. The number of carbonyl (C=O) groups is 2. The van der Waals surface area contributed by atoms with Gasteiger partial charge in [0.05, 0.1) is 13.2 Å². The van der Waals surface area contributed by atoms with Crippen LogP contribution in [0.1, 0.15) is 65.5 Å². The second-order valence-electron chi connectivity index (χ2n) is 9.97. The van der Waals surface area contributed by atoms with Gasteiger partial charge in [-0.15, -0.1) is 0 Å². The summed E-state index contributed by atoms with van der Waals surface area (Å²) in [5, 5.41) is 18.7. The minimum Gasteiger partial charge on any atom is -0.502 e. The van der Waals surface area contributed by atoms with E-state index in [0.29, 0.717) is 24.3 Å². The molecular formula is C31H40O10. The van der Waals surface area contributed by atoms with Crippen molar-refractivity contribution < 1.29 is 48.2 Å². The SMILES string of the molecule is C=C(O)C(=O)OC(C)(OCCC)Oc1ccc(C(C)(C)c2ccc(OC(C)(OCCC)OC(=O)C(=C)O)cc2)cc1. The van der Waals surface area contributed by atoms with Crippen molar-refractivity contribution in [3.05, 3.63) is 84.3 Å². The van der Waals surface area contributed by atoms with Gasteiger partial charge in [-0.05, 0) is 61.4 Å². The van der Waals surface area contributed by atoms with Gasteiger partial charge in [-0.2, -0.15) is 0 Å². The molecule has 0 aliphatic rings. The molecule has 0 fully saturated rings. The topological polar surface area (TPSA) is 130 Å². The Morgan fingerprint density at radius 2 is 0.976 bits per heavy atom. The molecule has 0 aliphatic carbocycles. The van der Waals surface area contributed by atoms with Crippen molar-refractivity contribution in [1.82, 2.24) is 0 Å². The molecule has 2 aromatic rings. The van der Waals surface area contributed by atoms with Gasteiger partial charge in [-0.25, -0.2) is 9.59 Å². The molecule has 10 heteroatoms. The van der Waals surface area contributed by atoms with E-state index in [9.17, 15) is 19.8 Å². The standard InChI is InChI=1S/C31H40O10/c1-9-19-36-30(7,40-27(34)21(3)32)38-25-15-11-23(12-16-25)29(5,6)24-13-17-26(18-14-24)39-31(8,37-20-10-2)41-28(35)22(4)33/h11-18,32-33H,3-4,9-10,19-20H2,1-2,5-8H3. The fourth-order valence-corrected chi connectivity index (χ4v) is 3.66. The van der Waals surface area contributed by atoms with Crippen LogP contribution in [-0.2, 0) is 34.0 Å². The Balaban J connectivity index is 2.21. The monoisotopic (exact) mass is 572 g/mol. The molecule has 2 unspecified atom stereocenters. The number of aliphatic hydroxyl groups excluding tert-OH is 2. The van der Waals surface area contributed by atoms with Gasteiger partial charge in [0, 0.05) is 19.3 Å². The molecule has 0 aliphatic heterocycles. The van der Waals surface area contributed by atoms with Crippen molar-refractivity contribution in [3.8, 4) is 11.5 Å². The highest BCUT2D eigenvalue weighted by Gasteiger charge is 2.35. The predicted molar refractivity (Wildman–Crippen MR) is 151 cm³/mol. The number of ether oxygens (including phenoxy) is 6. The summed E-state index contributed by atoms with van der Waals surface area (Å²) in [5.41, 5.74) is 1.48. The normalized spacial score (nSPS) is 14.2. The van der Waals surface area contributed by atoms with Crippen LogP contribution in [0.25, 0.3) is 0 Å². The average Bonchev–Trinajstić information content (AvgIpc) is 2.91. The van der Waals surface area contributed by atoms with Gasteiger partial charge < -0.3 is 38.6 Å². The Bertz CT molecular complexity index is 1110. The van der Waals surface area contributed by atoms with Crippen LogP contribution in [0.3, 0.4) is 0 Å². The highest BCUT2D eigenvalue weighted by atomic mass is 16.9. The second-order valence-corrected chi connectivity index (χ2v) is 9.97. The molecule has 0 spiro atoms. The quantitative estimate of drug-likeness (QED) is 0.104. The molecule has 0 heterocycles. The van der Waals surface area contributed by atoms with Gasteiger partial charge in [-0.1, -0.05) is 52.0 Å². The molecule has 2 atom stereocenters. The van der Waals surface area contributed by atoms with E-state index in [0.717, 1.165) is 11.1 Å². The third-order valence-electron chi connectivity index (χ3n) is 5.92. The van der Waals surface area contributed by atoms with E-state index in [4.69, 9.17) is 28.4 Å². The van der Waals surface area contributed by atoms with E-state index >= 15 is 0 Å². The first kappa shape index (κ1) is 33.2. The third kappa shape index (κ3) is 9.54. The molecule has 2 N–H and O–H groups in total. The van der Waals surface area contributed by atoms with Crippen LogP contribution in [0.2, 0.25) is 0 Å². The lowest BCUT2D eigenvalue weighted by molar-refractivity contribution is -0.315. The van der Waals surface area contributed by atoms with Crippen LogP contribution in [0.5, 0.6) is 11.5 Å². The highest BCUT2D eigenvalue weighted by molar-refractivity contribution is 5.85. The summed E-state index contributed by atoms with van der Waals surface area (Å²) in [6.07, 6.45) is 1.31. The van der Waals surface area contributed by atoms with Crippen molar-refractivity contribution in [2.45, 2.75) is 71.7 Å². The number of hydrogen-bond acceptors (Lipinski definition) is 10. The summed E-state index contributed by atoms with van der Waals surface area (Å²) in [4.78, 5) is 23.8. The van der Waals surface area contributed by atoms with Gasteiger partial charge in [0.15, 0.2) is 11.5 Å². The Hall–Kier alpha value is -4.02. The number of aliphatic hydroxyl groups is 2. The summed E-state index contributed by atoms with van der Waals surface area (Å²) < 4.78 is 33.2. The summed E-state index contributed by atoms with van der Waals surface area (Å²) in [6, 6.07) is 14.4. The number of esters is 2.